The minimum Gasteiger partial charge on any atom is -0.310 e. The molecule has 0 heterocycles. The molecule has 0 amide bonds. The lowest BCUT2D eigenvalue weighted by atomic mass is 9.97. The summed E-state index contributed by atoms with van der Waals surface area (Å²) < 4.78 is 26.1. The van der Waals surface area contributed by atoms with Crippen LogP contribution in [0, 0.1) is 17.6 Å². The van der Waals surface area contributed by atoms with Crippen LogP contribution in [0.5, 0.6) is 0 Å². The molecule has 0 saturated carbocycles. The standard InChI is InChI=1S/C14H21F2N/c1-4-7-17-14(8-10(2)3)11-5-6-12(15)13(16)9-11/h5-6,9-10,14,17H,4,7-8H2,1-3H3. The van der Waals surface area contributed by atoms with E-state index in [9.17, 15) is 8.78 Å². The van der Waals surface area contributed by atoms with Gasteiger partial charge in [-0.25, -0.2) is 8.78 Å². The summed E-state index contributed by atoms with van der Waals surface area (Å²) in [5.41, 5.74) is 0.825. The monoisotopic (exact) mass is 241 g/mol. The first kappa shape index (κ1) is 14.1. The third-order valence-corrected chi connectivity index (χ3v) is 2.69. The molecule has 0 aliphatic carbocycles. The first-order valence-corrected chi connectivity index (χ1v) is 6.23. The molecule has 96 valence electrons. The van der Waals surface area contributed by atoms with Crippen LogP contribution in [0.4, 0.5) is 8.78 Å². The lowest BCUT2D eigenvalue weighted by molar-refractivity contribution is 0.426. The summed E-state index contributed by atoms with van der Waals surface area (Å²) in [6.07, 6.45) is 1.95. The summed E-state index contributed by atoms with van der Waals surface area (Å²) in [7, 11) is 0. The van der Waals surface area contributed by atoms with Gasteiger partial charge in [-0.15, -0.1) is 0 Å². The van der Waals surface area contributed by atoms with Crippen molar-refractivity contribution < 1.29 is 8.78 Å². The SMILES string of the molecule is CCCNC(CC(C)C)c1ccc(F)c(F)c1. The molecule has 0 saturated heterocycles. The van der Waals surface area contributed by atoms with Crippen LogP contribution in [0.1, 0.15) is 45.2 Å². The Morgan fingerprint density at radius 2 is 1.88 bits per heavy atom. The molecule has 1 atom stereocenters. The second-order valence-electron chi connectivity index (χ2n) is 4.81. The molecule has 0 spiro atoms. The predicted octanol–water partition coefficient (Wildman–Crippen LogP) is 4.05. The number of hydrogen-bond acceptors (Lipinski definition) is 1. The molecule has 17 heavy (non-hydrogen) atoms. The van der Waals surface area contributed by atoms with E-state index in [0.717, 1.165) is 24.9 Å². The number of halogens is 2. The molecule has 1 aromatic carbocycles. The van der Waals surface area contributed by atoms with Crippen LogP contribution in [0.2, 0.25) is 0 Å². The number of rotatable bonds is 6. The maximum Gasteiger partial charge on any atom is 0.159 e. The van der Waals surface area contributed by atoms with Gasteiger partial charge in [0.25, 0.3) is 0 Å². The summed E-state index contributed by atoms with van der Waals surface area (Å²) in [6, 6.07) is 4.26. The van der Waals surface area contributed by atoms with Gasteiger partial charge in [-0.3, -0.25) is 0 Å². The minimum absolute atomic E-state index is 0.102. The molecule has 0 bridgehead atoms. The summed E-state index contributed by atoms with van der Waals surface area (Å²) in [5, 5.41) is 3.37. The molecule has 1 N–H and O–H groups in total. The smallest absolute Gasteiger partial charge is 0.159 e. The normalized spacial score (nSPS) is 13.1. The van der Waals surface area contributed by atoms with Crippen molar-refractivity contribution in [3.05, 3.63) is 35.4 Å². The molecule has 3 heteroatoms. The van der Waals surface area contributed by atoms with E-state index in [0.29, 0.717) is 5.92 Å². The Morgan fingerprint density at radius 1 is 1.18 bits per heavy atom. The molecule has 1 aromatic rings. The van der Waals surface area contributed by atoms with Crippen LogP contribution >= 0.6 is 0 Å². The van der Waals surface area contributed by atoms with E-state index in [4.69, 9.17) is 0 Å². The van der Waals surface area contributed by atoms with Crippen LogP contribution in [0.15, 0.2) is 18.2 Å². The van der Waals surface area contributed by atoms with Crippen LogP contribution in [0.25, 0.3) is 0 Å². The Balaban J connectivity index is 2.83. The summed E-state index contributed by atoms with van der Waals surface area (Å²) >= 11 is 0. The number of hydrogen-bond donors (Lipinski definition) is 1. The van der Waals surface area contributed by atoms with E-state index in [1.54, 1.807) is 6.07 Å². The molecule has 0 aromatic heterocycles. The zero-order valence-electron chi connectivity index (χ0n) is 10.8. The second-order valence-corrected chi connectivity index (χ2v) is 4.81. The van der Waals surface area contributed by atoms with E-state index in [1.165, 1.54) is 12.1 Å². The number of benzene rings is 1. The van der Waals surface area contributed by atoms with Crippen molar-refractivity contribution in [2.24, 2.45) is 5.92 Å². The van der Waals surface area contributed by atoms with Crippen molar-refractivity contribution in [1.82, 2.24) is 5.32 Å². The van der Waals surface area contributed by atoms with Gasteiger partial charge in [-0.1, -0.05) is 26.8 Å². The van der Waals surface area contributed by atoms with Crippen molar-refractivity contribution in [3.8, 4) is 0 Å². The Labute approximate surface area is 102 Å². The zero-order valence-corrected chi connectivity index (χ0v) is 10.8. The summed E-state index contributed by atoms with van der Waals surface area (Å²) in [6.45, 7) is 7.22. The molecule has 1 nitrogen and oxygen atoms in total. The topological polar surface area (TPSA) is 12.0 Å². The highest BCUT2D eigenvalue weighted by Crippen LogP contribution is 2.22. The maximum absolute atomic E-state index is 13.2. The third kappa shape index (κ3) is 4.43. The largest absolute Gasteiger partial charge is 0.310 e. The van der Waals surface area contributed by atoms with Gasteiger partial charge in [0.05, 0.1) is 0 Å². The second kappa shape index (κ2) is 6.70. The highest BCUT2D eigenvalue weighted by atomic mass is 19.2. The molecule has 0 aliphatic rings. The van der Waals surface area contributed by atoms with Gasteiger partial charge in [0.1, 0.15) is 0 Å². The van der Waals surface area contributed by atoms with Crippen molar-refractivity contribution in [2.75, 3.05) is 6.54 Å². The molecule has 1 rings (SSSR count). The van der Waals surface area contributed by atoms with E-state index in [-0.39, 0.29) is 6.04 Å². The maximum atomic E-state index is 13.2. The van der Waals surface area contributed by atoms with Gasteiger partial charge in [-0.2, -0.15) is 0 Å². The molecular weight excluding hydrogens is 220 g/mol. The van der Waals surface area contributed by atoms with Crippen molar-refractivity contribution in [3.63, 3.8) is 0 Å². The molecular formula is C14H21F2N. The Kier molecular flexibility index (Phi) is 5.56. The van der Waals surface area contributed by atoms with Gasteiger partial charge >= 0.3 is 0 Å². The van der Waals surface area contributed by atoms with Crippen LogP contribution < -0.4 is 5.32 Å². The Bertz CT molecular complexity index is 350. The van der Waals surface area contributed by atoms with E-state index < -0.39 is 11.6 Å². The van der Waals surface area contributed by atoms with Crippen LogP contribution in [-0.2, 0) is 0 Å². The van der Waals surface area contributed by atoms with Crippen LogP contribution in [0.3, 0.4) is 0 Å². The van der Waals surface area contributed by atoms with Gasteiger partial charge in [0.15, 0.2) is 11.6 Å². The highest BCUT2D eigenvalue weighted by Gasteiger charge is 2.14. The average molecular weight is 241 g/mol. The Morgan fingerprint density at radius 3 is 2.41 bits per heavy atom. The lowest BCUT2D eigenvalue weighted by Gasteiger charge is -2.21. The zero-order chi connectivity index (χ0) is 12.8. The quantitative estimate of drug-likeness (QED) is 0.792. The van der Waals surface area contributed by atoms with E-state index >= 15 is 0 Å². The fourth-order valence-corrected chi connectivity index (χ4v) is 1.86. The van der Waals surface area contributed by atoms with Gasteiger partial charge in [0, 0.05) is 6.04 Å². The first-order chi connectivity index (χ1) is 8.04. The fourth-order valence-electron chi connectivity index (χ4n) is 1.86. The first-order valence-electron chi connectivity index (χ1n) is 6.23. The van der Waals surface area contributed by atoms with Crippen molar-refractivity contribution in [2.45, 2.75) is 39.7 Å². The van der Waals surface area contributed by atoms with E-state index in [2.05, 4.69) is 26.1 Å². The van der Waals surface area contributed by atoms with Crippen LogP contribution in [-0.4, -0.2) is 6.54 Å². The lowest BCUT2D eigenvalue weighted by Crippen LogP contribution is -2.23. The Hall–Kier alpha value is -0.960. The average Bonchev–Trinajstić information content (AvgIpc) is 2.27. The van der Waals surface area contributed by atoms with E-state index in [1.807, 2.05) is 0 Å². The minimum atomic E-state index is -0.785. The van der Waals surface area contributed by atoms with Crippen molar-refractivity contribution in [1.29, 1.82) is 0 Å². The summed E-state index contributed by atoms with van der Waals surface area (Å²) in [4.78, 5) is 0. The van der Waals surface area contributed by atoms with Gasteiger partial charge in [0.2, 0.25) is 0 Å². The van der Waals surface area contributed by atoms with Crippen molar-refractivity contribution >= 4 is 0 Å². The highest BCUT2D eigenvalue weighted by molar-refractivity contribution is 5.21. The number of nitrogens with one attached hydrogen (secondary N) is 1. The fraction of sp³-hybridized carbons (Fsp3) is 0.571. The molecule has 1 unspecified atom stereocenters. The molecule has 0 radical (unpaired) electrons. The predicted molar refractivity (Wildman–Crippen MR) is 66.8 cm³/mol. The van der Waals surface area contributed by atoms with Gasteiger partial charge < -0.3 is 5.32 Å². The molecule has 0 fully saturated rings. The third-order valence-electron chi connectivity index (χ3n) is 2.69. The summed E-state index contributed by atoms with van der Waals surface area (Å²) in [5.74, 6) is -1.04. The molecule has 0 aliphatic heterocycles. The van der Waals surface area contributed by atoms with Gasteiger partial charge in [-0.05, 0) is 43.0 Å².